The predicted octanol–water partition coefficient (Wildman–Crippen LogP) is 3.61. The van der Waals surface area contributed by atoms with Gasteiger partial charge in [-0.2, -0.15) is 5.10 Å². The van der Waals surface area contributed by atoms with Crippen molar-refractivity contribution in [2.45, 2.75) is 56.7 Å². The Morgan fingerprint density at radius 1 is 1.18 bits per heavy atom. The van der Waals surface area contributed by atoms with E-state index in [2.05, 4.69) is 15.3 Å². The van der Waals surface area contributed by atoms with Gasteiger partial charge in [0, 0.05) is 24.3 Å². The second-order valence-electron chi connectivity index (χ2n) is 8.84. The van der Waals surface area contributed by atoms with Crippen LogP contribution in [0.1, 0.15) is 50.1 Å². The number of rotatable bonds is 5. The Bertz CT molecular complexity index is 1180. The number of halogens is 1. The molecule has 1 saturated heterocycles. The number of fused-ring (bicyclic) bond motifs is 1. The van der Waals surface area contributed by atoms with Gasteiger partial charge in [0.1, 0.15) is 17.4 Å². The van der Waals surface area contributed by atoms with Crippen LogP contribution in [0, 0.1) is 5.82 Å². The molecule has 1 amide bonds. The number of carbonyl (C=O) groups excluding carboxylic acids is 1. The Balaban J connectivity index is 1.36. The van der Waals surface area contributed by atoms with Gasteiger partial charge in [0.15, 0.2) is 5.75 Å². The molecule has 3 aromatic rings. The first kappa shape index (κ1) is 22.4. The fraction of sp³-hybridized carbons (Fsp3) is 0.458. The van der Waals surface area contributed by atoms with Crippen molar-refractivity contribution in [1.82, 2.24) is 19.9 Å². The van der Waals surface area contributed by atoms with E-state index in [1.807, 2.05) is 6.07 Å². The number of nitrogens with one attached hydrogen (secondary N) is 1. The Morgan fingerprint density at radius 2 is 2.00 bits per heavy atom. The van der Waals surface area contributed by atoms with Crippen LogP contribution < -0.4 is 19.7 Å². The maximum absolute atomic E-state index is 14.0. The van der Waals surface area contributed by atoms with E-state index in [1.165, 1.54) is 18.3 Å². The van der Waals surface area contributed by atoms with Gasteiger partial charge in [-0.1, -0.05) is 0 Å². The Kier molecular flexibility index (Phi) is 6.23. The van der Waals surface area contributed by atoms with Crippen molar-refractivity contribution in [2.75, 3.05) is 18.6 Å². The highest BCUT2D eigenvalue weighted by Crippen LogP contribution is 2.40. The van der Waals surface area contributed by atoms with E-state index in [0.29, 0.717) is 42.9 Å². The molecule has 9 nitrogen and oxygen atoms in total. The second-order valence-corrected chi connectivity index (χ2v) is 8.84. The number of nitrogens with zero attached hydrogens (tertiary/aromatic N) is 4. The van der Waals surface area contributed by atoms with E-state index in [-0.39, 0.29) is 29.8 Å². The van der Waals surface area contributed by atoms with Gasteiger partial charge >= 0.3 is 6.09 Å². The van der Waals surface area contributed by atoms with E-state index in [9.17, 15) is 14.3 Å². The lowest BCUT2D eigenvalue weighted by atomic mass is 9.93. The smallest absolute Gasteiger partial charge is 0.413 e. The number of amides is 1. The molecule has 5 rings (SSSR count). The van der Waals surface area contributed by atoms with Gasteiger partial charge in [0.05, 0.1) is 25.5 Å². The quantitative estimate of drug-likeness (QED) is 0.589. The SMILES string of the molecule is COc1ccc(F)cc1[C@H]1CCCN1c1ccn2ncc(OC(=O)N[C@H]3CC[C@H](O)CC3)c2n1. The monoisotopic (exact) mass is 469 g/mol. The van der Waals surface area contributed by atoms with E-state index < -0.39 is 6.09 Å². The molecule has 0 radical (unpaired) electrons. The maximum atomic E-state index is 14.0. The third-order valence-corrected chi connectivity index (χ3v) is 6.64. The summed E-state index contributed by atoms with van der Waals surface area (Å²) in [5.74, 6) is 1.28. The van der Waals surface area contributed by atoms with Crippen LogP contribution in [0.3, 0.4) is 0 Å². The fourth-order valence-corrected chi connectivity index (χ4v) is 4.92. The highest BCUT2D eigenvalue weighted by molar-refractivity contribution is 5.73. The van der Waals surface area contributed by atoms with Crippen molar-refractivity contribution >= 4 is 17.6 Å². The van der Waals surface area contributed by atoms with Crippen LogP contribution >= 0.6 is 0 Å². The van der Waals surface area contributed by atoms with E-state index in [1.54, 1.807) is 23.9 Å². The molecule has 1 aromatic carbocycles. The third-order valence-electron chi connectivity index (χ3n) is 6.64. The van der Waals surface area contributed by atoms with Crippen LogP contribution in [0.4, 0.5) is 15.0 Å². The summed E-state index contributed by atoms with van der Waals surface area (Å²) >= 11 is 0. The Morgan fingerprint density at radius 3 is 2.79 bits per heavy atom. The standard InChI is InChI=1S/C24H28FN5O4/c1-33-20-9-4-15(25)13-18(20)19-3-2-11-29(19)22-10-12-30-23(28-22)21(14-26-30)34-24(32)27-16-5-7-17(31)8-6-16/h4,9-10,12-14,16-17,19,31H,2-3,5-8,11H2,1H3,(H,27,32)/t16-,17-,19-/m1/s1. The average Bonchev–Trinajstić information content (AvgIpc) is 3.48. The van der Waals surface area contributed by atoms with Gasteiger partial charge in [0.2, 0.25) is 5.65 Å². The molecule has 0 unspecified atom stereocenters. The van der Waals surface area contributed by atoms with Crippen molar-refractivity contribution in [2.24, 2.45) is 0 Å². The summed E-state index contributed by atoms with van der Waals surface area (Å²) in [6, 6.07) is 6.30. The zero-order valence-corrected chi connectivity index (χ0v) is 19.0. The van der Waals surface area contributed by atoms with Crippen LogP contribution in [-0.4, -0.2) is 51.6 Å². The summed E-state index contributed by atoms with van der Waals surface area (Å²) in [5, 5.41) is 16.7. The number of carbonyl (C=O) groups is 1. The number of aliphatic hydroxyl groups is 1. The molecule has 1 aliphatic carbocycles. The number of aliphatic hydroxyl groups excluding tert-OH is 1. The maximum Gasteiger partial charge on any atom is 0.413 e. The number of ether oxygens (including phenoxy) is 2. The molecule has 2 fully saturated rings. The lowest BCUT2D eigenvalue weighted by molar-refractivity contribution is 0.115. The van der Waals surface area contributed by atoms with Crippen LogP contribution in [0.25, 0.3) is 5.65 Å². The Labute approximate surface area is 196 Å². The minimum Gasteiger partial charge on any atom is -0.496 e. The van der Waals surface area contributed by atoms with Gasteiger partial charge in [-0.15, -0.1) is 0 Å². The zero-order chi connectivity index (χ0) is 23.7. The van der Waals surface area contributed by atoms with Crippen molar-refractivity contribution in [1.29, 1.82) is 0 Å². The molecule has 180 valence electrons. The largest absolute Gasteiger partial charge is 0.496 e. The molecule has 2 aromatic heterocycles. The summed E-state index contributed by atoms with van der Waals surface area (Å²) in [7, 11) is 1.58. The molecule has 10 heteroatoms. The van der Waals surface area contributed by atoms with Crippen molar-refractivity contribution < 1.29 is 23.8 Å². The van der Waals surface area contributed by atoms with Gasteiger partial charge in [-0.25, -0.2) is 18.7 Å². The molecule has 0 bridgehead atoms. The minimum absolute atomic E-state index is 0.0205. The first-order valence-corrected chi connectivity index (χ1v) is 11.6. The molecular formula is C24H28FN5O4. The molecule has 1 atom stereocenters. The highest BCUT2D eigenvalue weighted by atomic mass is 19.1. The third kappa shape index (κ3) is 4.50. The van der Waals surface area contributed by atoms with Gasteiger partial charge in [-0.05, 0) is 62.8 Å². The normalized spacial score (nSPS) is 22.7. The molecule has 2 aliphatic rings. The molecular weight excluding hydrogens is 441 g/mol. The van der Waals surface area contributed by atoms with Gasteiger partial charge < -0.3 is 24.8 Å². The van der Waals surface area contributed by atoms with Crippen molar-refractivity contribution in [3.05, 3.63) is 48.0 Å². The molecule has 34 heavy (non-hydrogen) atoms. The van der Waals surface area contributed by atoms with Crippen LogP contribution in [-0.2, 0) is 0 Å². The first-order valence-electron chi connectivity index (χ1n) is 11.6. The fourth-order valence-electron chi connectivity index (χ4n) is 4.92. The van der Waals surface area contributed by atoms with Crippen molar-refractivity contribution in [3.63, 3.8) is 0 Å². The van der Waals surface area contributed by atoms with Crippen LogP contribution in [0.2, 0.25) is 0 Å². The van der Waals surface area contributed by atoms with Crippen molar-refractivity contribution in [3.8, 4) is 11.5 Å². The van der Waals surface area contributed by atoms with E-state index in [4.69, 9.17) is 14.5 Å². The molecule has 2 N–H and O–H groups in total. The van der Waals surface area contributed by atoms with E-state index >= 15 is 0 Å². The molecule has 3 heterocycles. The first-order chi connectivity index (χ1) is 16.5. The molecule has 1 saturated carbocycles. The number of hydrogen-bond acceptors (Lipinski definition) is 7. The summed E-state index contributed by atoms with van der Waals surface area (Å²) in [6.07, 6.45) is 6.91. The summed E-state index contributed by atoms with van der Waals surface area (Å²) < 4.78 is 26.6. The summed E-state index contributed by atoms with van der Waals surface area (Å²) in [5.41, 5.74) is 1.20. The van der Waals surface area contributed by atoms with E-state index in [0.717, 1.165) is 24.9 Å². The summed E-state index contributed by atoms with van der Waals surface area (Å²) in [4.78, 5) is 19.3. The molecule has 0 spiro atoms. The lowest BCUT2D eigenvalue weighted by Gasteiger charge is -2.27. The topological polar surface area (TPSA) is 101 Å². The number of hydrogen-bond donors (Lipinski definition) is 2. The average molecular weight is 470 g/mol. The summed E-state index contributed by atoms with van der Waals surface area (Å²) in [6.45, 7) is 0.756. The zero-order valence-electron chi connectivity index (χ0n) is 19.0. The number of methoxy groups -OCH3 is 1. The Hall–Kier alpha value is -3.40. The lowest BCUT2D eigenvalue weighted by Crippen LogP contribution is -2.40. The minimum atomic E-state index is -0.563. The second kappa shape index (κ2) is 9.46. The van der Waals surface area contributed by atoms with Crippen LogP contribution in [0.5, 0.6) is 11.5 Å². The van der Waals surface area contributed by atoms with Crippen LogP contribution in [0.15, 0.2) is 36.7 Å². The highest BCUT2D eigenvalue weighted by Gasteiger charge is 2.30. The molecule has 1 aliphatic heterocycles. The van der Waals surface area contributed by atoms with Gasteiger partial charge in [-0.3, -0.25) is 0 Å². The predicted molar refractivity (Wildman–Crippen MR) is 123 cm³/mol. The number of benzene rings is 1. The number of aromatic nitrogens is 3. The van der Waals surface area contributed by atoms with Gasteiger partial charge in [0.25, 0.3) is 0 Å². The number of anilines is 1.